The van der Waals surface area contributed by atoms with Crippen LogP contribution in [0.4, 0.5) is 0 Å². The van der Waals surface area contributed by atoms with Crippen molar-refractivity contribution in [1.82, 2.24) is 4.90 Å². The van der Waals surface area contributed by atoms with Gasteiger partial charge in [0, 0.05) is 24.0 Å². The summed E-state index contributed by atoms with van der Waals surface area (Å²) < 4.78 is 0. The Morgan fingerprint density at radius 2 is 1.67 bits per heavy atom. The summed E-state index contributed by atoms with van der Waals surface area (Å²) in [5.74, 6) is -0.871. The van der Waals surface area contributed by atoms with Crippen molar-refractivity contribution in [3.05, 3.63) is 34.3 Å². The van der Waals surface area contributed by atoms with E-state index in [-0.39, 0.29) is 17.7 Å². The summed E-state index contributed by atoms with van der Waals surface area (Å²) in [6.07, 6.45) is 2.59. The lowest BCUT2D eigenvalue weighted by Gasteiger charge is -2.28. The van der Waals surface area contributed by atoms with Crippen molar-refractivity contribution in [3.8, 4) is 0 Å². The van der Waals surface area contributed by atoms with Gasteiger partial charge in [-0.3, -0.25) is 9.59 Å². The van der Waals surface area contributed by atoms with E-state index in [2.05, 4.69) is 0 Å². The molecule has 5 heteroatoms. The summed E-state index contributed by atoms with van der Waals surface area (Å²) in [6, 6.07) is 5.75. The number of rotatable bonds is 2. The first-order valence-electron chi connectivity index (χ1n) is 7.33. The van der Waals surface area contributed by atoms with Crippen LogP contribution in [0.1, 0.15) is 36.8 Å². The SMILES string of the molecule is O=C(O)C1CCC(C(=O)N2Cc3ccc(Cl)cc3C2)CC1. The lowest BCUT2D eigenvalue weighted by Crippen LogP contribution is -2.35. The third kappa shape index (κ3) is 2.91. The Hall–Kier alpha value is -1.55. The van der Waals surface area contributed by atoms with Gasteiger partial charge in [-0.25, -0.2) is 0 Å². The summed E-state index contributed by atoms with van der Waals surface area (Å²) in [5, 5.41) is 9.71. The molecule has 0 radical (unpaired) electrons. The largest absolute Gasteiger partial charge is 0.481 e. The second kappa shape index (κ2) is 5.68. The van der Waals surface area contributed by atoms with Gasteiger partial charge >= 0.3 is 5.97 Å². The van der Waals surface area contributed by atoms with Crippen LogP contribution >= 0.6 is 11.6 Å². The van der Waals surface area contributed by atoms with Gasteiger partial charge in [0.25, 0.3) is 0 Å². The van der Waals surface area contributed by atoms with E-state index >= 15 is 0 Å². The van der Waals surface area contributed by atoms with E-state index in [0.717, 1.165) is 11.1 Å². The molecule has 1 N–H and O–H groups in total. The molecule has 21 heavy (non-hydrogen) atoms. The first-order valence-corrected chi connectivity index (χ1v) is 7.71. The van der Waals surface area contributed by atoms with Crippen LogP contribution in [0.15, 0.2) is 18.2 Å². The van der Waals surface area contributed by atoms with Crippen molar-refractivity contribution >= 4 is 23.5 Å². The molecule has 3 rings (SSSR count). The number of hydrogen-bond acceptors (Lipinski definition) is 2. The Morgan fingerprint density at radius 1 is 1.05 bits per heavy atom. The molecule has 1 fully saturated rings. The Balaban J connectivity index is 1.62. The molecular weight excluding hydrogens is 290 g/mol. The molecule has 0 unspecified atom stereocenters. The summed E-state index contributed by atoms with van der Waals surface area (Å²) >= 11 is 5.99. The molecule has 0 aromatic heterocycles. The summed E-state index contributed by atoms with van der Waals surface area (Å²) in [4.78, 5) is 25.4. The van der Waals surface area contributed by atoms with Gasteiger partial charge in [-0.15, -0.1) is 0 Å². The van der Waals surface area contributed by atoms with E-state index in [1.807, 2.05) is 23.1 Å². The van der Waals surface area contributed by atoms with E-state index in [4.69, 9.17) is 16.7 Å². The smallest absolute Gasteiger partial charge is 0.306 e. The molecule has 1 heterocycles. The lowest BCUT2D eigenvalue weighted by molar-refractivity contribution is -0.145. The van der Waals surface area contributed by atoms with Crippen LogP contribution in [0, 0.1) is 11.8 Å². The average Bonchev–Trinajstić information content (AvgIpc) is 2.89. The number of carbonyl (C=O) groups excluding carboxylic acids is 1. The molecule has 0 spiro atoms. The van der Waals surface area contributed by atoms with Crippen LogP contribution in [0.5, 0.6) is 0 Å². The minimum atomic E-state index is -0.732. The quantitative estimate of drug-likeness (QED) is 0.913. The van der Waals surface area contributed by atoms with Crippen LogP contribution in [-0.4, -0.2) is 21.9 Å². The number of carboxylic acids is 1. The number of nitrogens with zero attached hydrogens (tertiary/aromatic N) is 1. The van der Waals surface area contributed by atoms with Crippen molar-refractivity contribution in [3.63, 3.8) is 0 Å². The molecule has 1 aliphatic carbocycles. The second-order valence-corrected chi connectivity index (χ2v) is 6.43. The van der Waals surface area contributed by atoms with Crippen molar-refractivity contribution in [2.75, 3.05) is 0 Å². The van der Waals surface area contributed by atoms with E-state index in [0.29, 0.717) is 43.8 Å². The maximum Gasteiger partial charge on any atom is 0.306 e. The molecule has 1 aromatic rings. The molecule has 0 atom stereocenters. The van der Waals surface area contributed by atoms with Crippen molar-refractivity contribution in [2.45, 2.75) is 38.8 Å². The van der Waals surface area contributed by atoms with Gasteiger partial charge in [-0.1, -0.05) is 17.7 Å². The van der Waals surface area contributed by atoms with Crippen molar-refractivity contribution < 1.29 is 14.7 Å². The second-order valence-electron chi connectivity index (χ2n) is 5.99. The van der Waals surface area contributed by atoms with Gasteiger partial charge in [-0.05, 0) is 48.9 Å². The zero-order chi connectivity index (χ0) is 15.0. The molecule has 1 amide bonds. The van der Waals surface area contributed by atoms with Gasteiger partial charge in [0.1, 0.15) is 0 Å². The first-order chi connectivity index (χ1) is 10.0. The van der Waals surface area contributed by atoms with Crippen molar-refractivity contribution in [2.24, 2.45) is 11.8 Å². The number of halogens is 1. The molecule has 1 aliphatic heterocycles. The molecule has 4 nitrogen and oxygen atoms in total. The van der Waals surface area contributed by atoms with Gasteiger partial charge in [0.15, 0.2) is 0 Å². The highest BCUT2D eigenvalue weighted by Crippen LogP contribution is 2.33. The summed E-state index contributed by atoms with van der Waals surface area (Å²) in [5.41, 5.74) is 2.28. The Bertz CT molecular complexity index is 579. The molecular formula is C16H18ClNO3. The molecule has 112 valence electrons. The number of hydrogen-bond donors (Lipinski definition) is 1. The lowest BCUT2D eigenvalue weighted by atomic mass is 9.81. The van der Waals surface area contributed by atoms with Crippen LogP contribution in [0.25, 0.3) is 0 Å². The number of aliphatic carboxylic acids is 1. The number of carboxylic acid groups (broad SMARTS) is 1. The number of benzene rings is 1. The first kappa shape index (κ1) is 14.4. The Labute approximate surface area is 128 Å². The van der Waals surface area contributed by atoms with Crippen LogP contribution in [-0.2, 0) is 22.7 Å². The Kier molecular flexibility index (Phi) is 3.89. The molecule has 0 saturated heterocycles. The maximum absolute atomic E-state index is 12.6. The fraction of sp³-hybridized carbons (Fsp3) is 0.500. The van der Waals surface area contributed by atoms with Gasteiger partial charge < -0.3 is 10.0 Å². The highest BCUT2D eigenvalue weighted by atomic mass is 35.5. The molecule has 1 saturated carbocycles. The molecule has 1 aromatic carbocycles. The van der Waals surface area contributed by atoms with Gasteiger partial charge in [0.05, 0.1) is 5.92 Å². The fourth-order valence-corrected chi connectivity index (χ4v) is 3.56. The van der Waals surface area contributed by atoms with E-state index in [1.165, 1.54) is 0 Å². The summed E-state index contributed by atoms with van der Waals surface area (Å²) in [7, 11) is 0. The highest BCUT2D eigenvalue weighted by Gasteiger charge is 2.33. The van der Waals surface area contributed by atoms with E-state index < -0.39 is 5.97 Å². The summed E-state index contributed by atoms with van der Waals surface area (Å²) in [6.45, 7) is 1.26. The van der Waals surface area contributed by atoms with E-state index in [1.54, 1.807) is 0 Å². The van der Waals surface area contributed by atoms with Crippen LogP contribution in [0.3, 0.4) is 0 Å². The van der Waals surface area contributed by atoms with E-state index in [9.17, 15) is 9.59 Å². The highest BCUT2D eigenvalue weighted by molar-refractivity contribution is 6.30. The molecule has 2 aliphatic rings. The third-order valence-corrected chi connectivity index (χ3v) is 4.86. The minimum Gasteiger partial charge on any atom is -0.481 e. The number of amides is 1. The maximum atomic E-state index is 12.6. The van der Waals surface area contributed by atoms with Gasteiger partial charge in [0.2, 0.25) is 5.91 Å². The normalized spacial score (nSPS) is 24.7. The zero-order valence-corrected chi connectivity index (χ0v) is 12.5. The monoisotopic (exact) mass is 307 g/mol. The Morgan fingerprint density at radius 3 is 2.33 bits per heavy atom. The van der Waals surface area contributed by atoms with Crippen LogP contribution < -0.4 is 0 Å². The number of carbonyl (C=O) groups is 2. The number of fused-ring (bicyclic) bond motifs is 1. The standard InChI is InChI=1S/C16H18ClNO3/c17-14-6-5-12-8-18(9-13(12)7-14)15(19)10-1-3-11(4-2-10)16(20)21/h5-7,10-11H,1-4,8-9H2,(H,20,21). The van der Waals surface area contributed by atoms with Gasteiger partial charge in [-0.2, -0.15) is 0 Å². The average molecular weight is 308 g/mol. The fourth-order valence-electron chi connectivity index (χ4n) is 3.36. The topological polar surface area (TPSA) is 57.6 Å². The third-order valence-electron chi connectivity index (χ3n) is 4.63. The van der Waals surface area contributed by atoms with Crippen molar-refractivity contribution in [1.29, 1.82) is 0 Å². The zero-order valence-electron chi connectivity index (χ0n) is 11.7. The molecule has 0 bridgehead atoms. The predicted molar refractivity (Wildman–Crippen MR) is 78.8 cm³/mol. The predicted octanol–water partition coefficient (Wildman–Crippen LogP) is 3.07. The van der Waals surface area contributed by atoms with Crippen LogP contribution in [0.2, 0.25) is 5.02 Å². The minimum absolute atomic E-state index is 0.0228.